The van der Waals surface area contributed by atoms with Gasteiger partial charge in [-0.1, -0.05) is 29.5 Å². The zero-order chi connectivity index (χ0) is 13.8. The molecule has 0 amide bonds. The minimum absolute atomic E-state index is 1.25. The highest BCUT2D eigenvalue weighted by Gasteiger charge is 2.14. The first-order valence-corrected chi connectivity index (χ1v) is 7.04. The van der Waals surface area contributed by atoms with Crippen molar-refractivity contribution in [3.05, 3.63) is 46.4 Å². The molecule has 1 aromatic carbocycles. The average molecular weight is 290 g/mol. The third kappa shape index (κ3) is 5.09. The van der Waals surface area contributed by atoms with E-state index in [2.05, 4.69) is 48.1 Å². The smallest absolute Gasteiger partial charge is 0.222 e. The van der Waals surface area contributed by atoms with Crippen molar-refractivity contribution < 1.29 is 33.4 Å². The van der Waals surface area contributed by atoms with Gasteiger partial charge in [0, 0.05) is 26.0 Å². The second-order valence-corrected chi connectivity index (χ2v) is 5.26. The lowest BCUT2D eigenvalue weighted by molar-refractivity contribution is -2.00. The molecule has 0 saturated carbocycles. The molecule has 0 aliphatic heterocycles. The van der Waals surface area contributed by atoms with Crippen molar-refractivity contribution >= 4 is 11.3 Å². The van der Waals surface area contributed by atoms with E-state index in [4.69, 9.17) is 18.6 Å². The van der Waals surface area contributed by atoms with Gasteiger partial charge in [0.25, 0.3) is 0 Å². The number of hydrogen-bond donors (Lipinski definition) is 0. The lowest BCUT2D eigenvalue weighted by Gasteiger charge is -2.17. The number of benzene rings is 1. The van der Waals surface area contributed by atoms with E-state index in [1.807, 2.05) is 6.07 Å². The van der Waals surface area contributed by atoms with Crippen LogP contribution in [0, 0.1) is 24.1 Å². The molecule has 0 bridgehead atoms. The van der Waals surface area contributed by atoms with Crippen LogP contribution < -0.4 is 23.2 Å². The molecule has 2 aromatic rings. The lowest BCUT2D eigenvalue weighted by Crippen LogP contribution is -2.68. The average Bonchev–Trinajstić information content (AvgIpc) is 2.57. The molecule has 0 aliphatic carbocycles. The van der Waals surface area contributed by atoms with E-state index in [1.165, 1.54) is 16.4 Å². The van der Waals surface area contributed by atoms with Crippen LogP contribution in [0.5, 0.6) is 0 Å². The molecule has 0 aliphatic rings. The van der Waals surface area contributed by atoms with Gasteiger partial charge in [-0.3, -0.25) is 0 Å². The second kappa shape index (κ2) is 6.24. The summed E-state index contributed by atoms with van der Waals surface area (Å²) in [6, 6.07) is 10.4. The van der Waals surface area contributed by atoms with Crippen molar-refractivity contribution in [1.82, 2.24) is 0 Å². The van der Waals surface area contributed by atoms with E-state index in [0.29, 0.717) is 0 Å². The van der Waals surface area contributed by atoms with Crippen LogP contribution in [0.2, 0.25) is 0 Å². The number of aromatic nitrogens is 1. The first kappa shape index (κ1) is 15.0. The Hall–Kier alpha value is -1.02. The largest absolute Gasteiger partial charge is 0.240 e. The molecule has 0 N–H and O–H groups in total. The Morgan fingerprint density at radius 2 is 1.50 bits per heavy atom. The first-order valence-electron chi connectivity index (χ1n) is 4.93. The molecule has 0 unspecified atom stereocenters. The summed E-state index contributed by atoms with van der Waals surface area (Å²) < 4.78 is 36.2. The highest BCUT2D eigenvalue weighted by Crippen LogP contribution is 2.09. The lowest BCUT2D eigenvalue weighted by atomic mass is 10.3. The molecule has 98 valence electrons. The van der Waals surface area contributed by atoms with Gasteiger partial charge in [0.15, 0.2) is 5.69 Å². The number of hydrogen-bond acceptors (Lipinski definition) is 5. The van der Waals surface area contributed by atoms with Crippen LogP contribution >= 0.6 is 11.3 Å². The number of para-hydroxylation sites is 1. The number of halogens is 1. The molecular formula is C11H12ClNO4S. The maximum Gasteiger partial charge on any atom is 0.240 e. The molecule has 7 heteroatoms. The fraction of sp³-hybridized carbons (Fsp3) is 0.182. The van der Waals surface area contributed by atoms with E-state index in [-0.39, 0.29) is 0 Å². The van der Waals surface area contributed by atoms with E-state index in [1.54, 1.807) is 11.3 Å². The Kier molecular flexibility index (Phi) is 5.21. The fourth-order valence-corrected chi connectivity index (χ4v) is 2.29. The van der Waals surface area contributed by atoms with E-state index in [9.17, 15) is 0 Å². The Bertz CT molecular complexity index is 470. The number of rotatable bonds is 1. The van der Waals surface area contributed by atoms with E-state index < -0.39 is 10.2 Å². The minimum atomic E-state index is -4.94. The number of thiazole rings is 1. The zero-order valence-corrected chi connectivity index (χ0v) is 11.4. The normalized spacial score (nSPS) is 10.8. The summed E-state index contributed by atoms with van der Waals surface area (Å²) in [6.07, 6.45) is 0. The molecule has 0 spiro atoms. The summed E-state index contributed by atoms with van der Waals surface area (Å²) in [4.78, 5) is 0. The van der Waals surface area contributed by atoms with Gasteiger partial charge in [-0.25, -0.2) is 18.6 Å². The molecule has 0 saturated heterocycles. The summed E-state index contributed by atoms with van der Waals surface area (Å²) in [7, 11) is -4.94. The molecule has 0 radical (unpaired) electrons. The molecule has 18 heavy (non-hydrogen) atoms. The van der Waals surface area contributed by atoms with Crippen LogP contribution in [-0.4, -0.2) is 0 Å². The van der Waals surface area contributed by atoms with Crippen LogP contribution in [0.25, 0.3) is 5.69 Å². The topological polar surface area (TPSA) is 96.1 Å². The first-order chi connectivity index (χ1) is 8.29. The summed E-state index contributed by atoms with van der Waals surface area (Å²) >= 11 is 1.79. The maximum absolute atomic E-state index is 8.49. The molecule has 0 fully saturated rings. The van der Waals surface area contributed by atoms with E-state index in [0.717, 1.165) is 0 Å². The monoisotopic (exact) mass is 289 g/mol. The molecule has 1 aromatic heterocycles. The van der Waals surface area contributed by atoms with Gasteiger partial charge in [0.1, 0.15) is 0 Å². The van der Waals surface area contributed by atoms with Crippen molar-refractivity contribution in [1.29, 1.82) is 0 Å². The standard InChI is InChI=1S/C11H12NS.ClHO4/c1-9-8-13-10(2)12(9)11-6-4-3-5-7-11;2-1(3,4)5/h3-8H,1-2H3;(H,2,3,4,5)/q+1;/p-1. The molecule has 5 nitrogen and oxygen atoms in total. The second-order valence-electron chi connectivity index (χ2n) is 3.45. The number of nitrogens with zero attached hydrogens (tertiary/aromatic N) is 1. The Morgan fingerprint density at radius 3 is 1.89 bits per heavy atom. The van der Waals surface area contributed by atoms with Gasteiger partial charge in [-0.15, -0.1) is 10.2 Å². The van der Waals surface area contributed by atoms with Crippen molar-refractivity contribution in [3.63, 3.8) is 0 Å². The van der Waals surface area contributed by atoms with Gasteiger partial charge in [0.2, 0.25) is 10.7 Å². The molecule has 1 heterocycles. The SMILES string of the molecule is Cc1csc(C)[n+]1-c1ccccc1.[O-][Cl+3]([O-])([O-])[O-]. The van der Waals surface area contributed by atoms with Gasteiger partial charge in [0.05, 0.1) is 5.38 Å². The number of aryl methyl sites for hydroxylation is 2. The summed E-state index contributed by atoms with van der Waals surface area (Å²) in [5.41, 5.74) is 2.55. The molecular weight excluding hydrogens is 278 g/mol. The van der Waals surface area contributed by atoms with Crippen LogP contribution in [-0.2, 0) is 0 Å². The van der Waals surface area contributed by atoms with Gasteiger partial charge in [-0.2, -0.15) is 4.57 Å². The predicted octanol–water partition coefficient (Wildman–Crippen LogP) is -2.11. The van der Waals surface area contributed by atoms with Gasteiger partial charge >= 0.3 is 0 Å². The van der Waals surface area contributed by atoms with Gasteiger partial charge < -0.3 is 0 Å². The van der Waals surface area contributed by atoms with Crippen molar-refractivity contribution in [2.24, 2.45) is 0 Å². The minimum Gasteiger partial charge on any atom is -0.222 e. The van der Waals surface area contributed by atoms with Crippen molar-refractivity contribution in [3.8, 4) is 5.69 Å². The van der Waals surface area contributed by atoms with Crippen molar-refractivity contribution in [2.75, 3.05) is 0 Å². The quantitative estimate of drug-likeness (QED) is 0.561. The van der Waals surface area contributed by atoms with Crippen molar-refractivity contribution in [2.45, 2.75) is 13.8 Å². The molecule has 2 rings (SSSR count). The Labute approximate surface area is 111 Å². The zero-order valence-electron chi connectivity index (χ0n) is 9.83. The Balaban J connectivity index is 0.000000280. The van der Waals surface area contributed by atoms with E-state index >= 15 is 0 Å². The summed E-state index contributed by atoms with van der Waals surface area (Å²) in [5.74, 6) is 0. The third-order valence-corrected chi connectivity index (χ3v) is 3.06. The van der Waals surface area contributed by atoms with Gasteiger partial charge in [-0.05, 0) is 0 Å². The summed E-state index contributed by atoms with van der Waals surface area (Å²) in [6.45, 7) is 4.28. The highest BCUT2D eigenvalue weighted by atomic mass is 35.7. The summed E-state index contributed by atoms with van der Waals surface area (Å²) in [5, 5.41) is 3.51. The predicted molar refractivity (Wildman–Crippen MR) is 55.3 cm³/mol. The third-order valence-electron chi connectivity index (χ3n) is 2.08. The van der Waals surface area contributed by atoms with Crippen LogP contribution in [0.4, 0.5) is 0 Å². The van der Waals surface area contributed by atoms with Crippen LogP contribution in [0.3, 0.4) is 0 Å². The van der Waals surface area contributed by atoms with Crippen LogP contribution in [0.1, 0.15) is 10.7 Å². The maximum atomic E-state index is 8.49. The molecule has 0 atom stereocenters. The fourth-order valence-electron chi connectivity index (χ4n) is 1.49. The highest BCUT2D eigenvalue weighted by molar-refractivity contribution is 7.09. The Morgan fingerprint density at radius 1 is 1.00 bits per heavy atom. The van der Waals surface area contributed by atoms with Crippen LogP contribution in [0.15, 0.2) is 35.7 Å².